The monoisotopic (exact) mass is 411 g/mol. The summed E-state index contributed by atoms with van der Waals surface area (Å²) in [6.07, 6.45) is 1.75. The molecule has 2 nitrogen and oxygen atoms in total. The van der Waals surface area contributed by atoms with Gasteiger partial charge in [-0.2, -0.15) is 0 Å². The molecular formula is C11H8BrClINO. The van der Waals surface area contributed by atoms with Gasteiger partial charge in [0.05, 0.1) is 15.2 Å². The van der Waals surface area contributed by atoms with Gasteiger partial charge in [0, 0.05) is 16.9 Å². The van der Waals surface area contributed by atoms with E-state index in [-0.39, 0.29) is 0 Å². The molecule has 0 aliphatic heterocycles. The number of benzene rings is 1. The third kappa shape index (κ3) is 2.43. The predicted octanol–water partition coefficient (Wildman–Crippen LogP) is 4.27. The first kappa shape index (κ1) is 12.4. The Hall–Kier alpha value is -0.0700. The molecule has 0 aliphatic carbocycles. The van der Waals surface area contributed by atoms with E-state index in [1.54, 1.807) is 6.20 Å². The molecule has 1 aromatic heterocycles. The van der Waals surface area contributed by atoms with E-state index in [9.17, 15) is 0 Å². The molecule has 0 amide bonds. The molecule has 0 saturated heterocycles. The highest BCUT2D eigenvalue weighted by Crippen LogP contribution is 2.34. The van der Waals surface area contributed by atoms with Crippen LogP contribution in [0.1, 0.15) is 0 Å². The lowest BCUT2D eigenvalue weighted by Crippen LogP contribution is -2.01. The Morgan fingerprint density at radius 1 is 1.50 bits per heavy atom. The smallest absolute Gasteiger partial charge is 0.158 e. The largest absolute Gasteiger partial charge is 0.489 e. The van der Waals surface area contributed by atoms with E-state index < -0.39 is 0 Å². The number of alkyl halides is 1. The number of aromatic nitrogens is 1. The lowest BCUT2D eigenvalue weighted by molar-refractivity contribution is 0.346. The SMILES string of the molecule is Clc1cc(I)c(OCCBr)c2ncccc12. The summed E-state index contributed by atoms with van der Waals surface area (Å²) in [5.41, 5.74) is 0.820. The third-order valence-electron chi connectivity index (χ3n) is 2.07. The molecule has 0 saturated carbocycles. The van der Waals surface area contributed by atoms with Crippen molar-refractivity contribution in [3.8, 4) is 5.75 Å². The van der Waals surface area contributed by atoms with Gasteiger partial charge < -0.3 is 4.74 Å². The number of hydrogen-bond donors (Lipinski definition) is 0. The van der Waals surface area contributed by atoms with Gasteiger partial charge in [-0.1, -0.05) is 27.5 Å². The minimum atomic E-state index is 0.614. The maximum absolute atomic E-state index is 6.16. The molecular weight excluding hydrogens is 404 g/mol. The van der Waals surface area contributed by atoms with Crippen LogP contribution < -0.4 is 4.74 Å². The summed E-state index contributed by atoms with van der Waals surface area (Å²) in [7, 11) is 0. The van der Waals surface area contributed by atoms with Gasteiger partial charge in [0.15, 0.2) is 5.75 Å². The van der Waals surface area contributed by atoms with Crippen molar-refractivity contribution >= 4 is 61.0 Å². The zero-order valence-corrected chi connectivity index (χ0v) is 12.7. The maximum Gasteiger partial charge on any atom is 0.158 e. The number of hydrogen-bond acceptors (Lipinski definition) is 2. The number of nitrogens with zero attached hydrogens (tertiary/aromatic N) is 1. The van der Waals surface area contributed by atoms with Crippen LogP contribution in [0.15, 0.2) is 24.4 Å². The van der Waals surface area contributed by atoms with E-state index in [0.717, 1.165) is 25.6 Å². The molecule has 5 heteroatoms. The van der Waals surface area contributed by atoms with Crippen LogP contribution >= 0.6 is 50.1 Å². The zero-order chi connectivity index (χ0) is 11.5. The van der Waals surface area contributed by atoms with Crippen molar-refractivity contribution in [2.24, 2.45) is 0 Å². The molecule has 0 radical (unpaired) electrons. The second kappa shape index (κ2) is 5.51. The van der Waals surface area contributed by atoms with Gasteiger partial charge >= 0.3 is 0 Å². The molecule has 2 aromatic rings. The normalized spacial score (nSPS) is 10.7. The Labute approximate surface area is 121 Å². The van der Waals surface area contributed by atoms with Gasteiger partial charge in [-0.25, -0.2) is 0 Å². The average Bonchev–Trinajstić information content (AvgIpc) is 2.29. The number of halogens is 3. The third-order valence-corrected chi connectivity index (χ3v) is 3.51. The maximum atomic E-state index is 6.16. The summed E-state index contributed by atoms with van der Waals surface area (Å²) in [5, 5.41) is 2.42. The fourth-order valence-corrected chi connectivity index (χ4v) is 2.75. The van der Waals surface area contributed by atoms with E-state index in [2.05, 4.69) is 43.5 Å². The van der Waals surface area contributed by atoms with Gasteiger partial charge in [-0.15, -0.1) is 0 Å². The Kier molecular flexibility index (Phi) is 4.27. The summed E-state index contributed by atoms with van der Waals surface area (Å²) < 4.78 is 6.66. The van der Waals surface area contributed by atoms with Gasteiger partial charge in [-0.3, -0.25) is 4.98 Å². The van der Waals surface area contributed by atoms with Crippen LogP contribution in [0.4, 0.5) is 0 Å². The van der Waals surface area contributed by atoms with Gasteiger partial charge in [0.25, 0.3) is 0 Å². The van der Waals surface area contributed by atoms with Crippen LogP contribution in [0, 0.1) is 3.57 Å². The van der Waals surface area contributed by atoms with Crippen LogP contribution in [0.2, 0.25) is 5.02 Å². The van der Waals surface area contributed by atoms with Crippen molar-refractivity contribution in [3.05, 3.63) is 33.0 Å². The number of fused-ring (bicyclic) bond motifs is 1. The lowest BCUT2D eigenvalue weighted by atomic mass is 10.2. The summed E-state index contributed by atoms with van der Waals surface area (Å²) in [6, 6.07) is 5.72. The molecule has 0 aliphatic rings. The topological polar surface area (TPSA) is 22.1 Å². The van der Waals surface area contributed by atoms with Crippen molar-refractivity contribution in [1.29, 1.82) is 0 Å². The molecule has 0 fully saturated rings. The molecule has 0 atom stereocenters. The molecule has 84 valence electrons. The van der Waals surface area contributed by atoms with E-state index in [1.165, 1.54) is 0 Å². The highest BCUT2D eigenvalue weighted by molar-refractivity contribution is 14.1. The molecule has 16 heavy (non-hydrogen) atoms. The quantitative estimate of drug-likeness (QED) is 0.555. The van der Waals surface area contributed by atoms with Crippen molar-refractivity contribution in [1.82, 2.24) is 4.98 Å². The van der Waals surface area contributed by atoms with E-state index >= 15 is 0 Å². The number of pyridine rings is 1. The molecule has 0 bridgehead atoms. The molecule has 1 aromatic carbocycles. The first-order valence-corrected chi connectivity index (χ1v) is 7.23. The summed E-state index contributed by atoms with van der Waals surface area (Å²) >= 11 is 11.7. The van der Waals surface area contributed by atoms with Crippen LogP contribution in [0.5, 0.6) is 5.75 Å². The second-order valence-electron chi connectivity index (χ2n) is 3.11. The van der Waals surface area contributed by atoms with Crippen molar-refractivity contribution in [2.75, 3.05) is 11.9 Å². The second-order valence-corrected chi connectivity index (χ2v) is 5.47. The van der Waals surface area contributed by atoms with Gasteiger partial charge in [-0.05, 0) is 40.8 Å². The van der Waals surface area contributed by atoms with Crippen LogP contribution in [-0.2, 0) is 0 Å². The Balaban J connectivity index is 2.61. The first-order chi connectivity index (χ1) is 7.74. The van der Waals surface area contributed by atoms with Crippen molar-refractivity contribution in [2.45, 2.75) is 0 Å². The van der Waals surface area contributed by atoms with Crippen molar-refractivity contribution < 1.29 is 4.74 Å². The molecule has 0 unspecified atom stereocenters. The zero-order valence-electron chi connectivity index (χ0n) is 8.21. The number of ether oxygens (including phenoxy) is 1. The van der Waals surface area contributed by atoms with E-state index in [4.69, 9.17) is 16.3 Å². The molecule has 0 spiro atoms. The van der Waals surface area contributed by atoms with Gasteiger partial charge in [0.2, 0.25) is 0 Å². The Bertz CT molecular complexity index is 521. The molecule has 2 rings (SSSR count). The van der Waals surface area contributed by atoms with E-state index in [0.29, 0.717) is 11.6 Å². The first-order valence-electron chi connectivity index (χ1n) is 4.65. The number of rotatable bonds is 3. The fraction of sp³-hybridized carbons (Fsp3) is 0.182. The Morgan fingerprint density at radius 3 is 3.06 bits per heavy atom. The molecule has 1 heterocycles. The van der Waals surface area contributed by atoms with Crippen LogP contribution in [0.25, 0.3) is 10.9 Å². The van der Waals surface area contributed by atoms with Crippen molar-refractivity contribution in [3.63, 3.8) is 0 Å². The highest BCUT2D eigenvalue weighted by atomic mass is 127. The summed E-state index contributed by atoms with van der Waals surface area (Å²) in [5.74, 6) is 0.806. The summed E-state index contributed by atoms with van der Waals surface area (Å²) in [6.45, 7) is 0.614. The highest BCUT2D eigenvalue weighted by Gasteiger charge is 2.11. The fourth-order valence-electron chi connectivity index (χ4n) is 1.42. The van der Waals surface area contributed by atoms with Gasteiger partial charge in [0.1, 0.15) is 5.52 Å². The van der Waals surface area contributed by atoms with E-state index in [1.807, 2.05) is 18.2 Å². The Morgan fingerprint density at radius 2 is 2.31 bits per heavy atom. The van der Waals surface area contributed by atoms with Crippen LogP contribution in [0.3, 0.4) is 0 Å². The average molecular weight is 412 g/mol. The standard InChI is InChI=1S/C11H8BrClINO/c12-3-5-16-11-9(14)6-8(13)7-2-1-4-15-10(7)11/h1-2,4,6H,3,5H2. The lowest BCUT2D eigenvalue weighted by Gasteiger charge is -2.10. The summed E-state index contributed by atoms with van der Waals surface area (Å²) in [4.78, 5) is 4.33. The minimum Gasteiger partial charge on any atom is -0.489 e. The predicted molar refractivity (Wildman–Crippen MR) is 78.8 cm³/mol. The molecule has 0 N–H and O–H groups in total. The minimum absolute atomic E-state index is 0.614. The van der Waals surface area contributed by atoms with Crippen LogP contribution in [-0.4, -0.2) is 16.9 Å².